The molecule has 0 aliphatic rings. The molecule has 2 N–H and O–H groups in total. The Labute approximate surface area is 126 Å². The van der Waals surface area contributed by atoms with E-state index in [0.717, 1.165) is 0 Å². The maximum atomic E-state index is 11.8. The normalized spacial score (nSPS) is 11.0. The number of nitrogens with one attached hydrogen (secondary N) is 1. The maximum absolute atomic E-state index is 11.8. The van der Waals surface area contributed by atoms with Gasteiger partial charge in [-0.3, -0.25) is 14.9 Å². The van der Waals surface area contributed by atoms with Crippen molar-refractivity contribution < 1.29 is 14.8 Å². The molecule has 1 amide bonds. The van der Waals surface area contributed by atoms with Crippen LogP contribution in [0, 0.1) is 10.1 Å². The summed E-state index contributed by atoms with van der Waals surface area (Å²) in [4.78, 5) is 21.9. The van der Waals surface area contributed by atoms with E-state index in [2.05, 4.69) is 10.5 Å². The minimum absolute atomic E-state index is 0.00956. The number of hydrogen-bond donors (Lipinski definition) is 2. The van der Waals surface area contributed by atoms with Crippen LogP contribution in [0.4, 0.5) is 5.69 Å². The number of non-ortho nitro benzene ring substituents is 1. The fourth-order valence-electron chi connectivity index (χ4n) is 1.70. The van der Waals surface area contributed by atoms with E-state index in [1.165, 1.54) is 36.4 Å². The smallest absolute Gasteiger partial charge is 0.271 e. The van der Waals surface area contributed by atoms with Crippen LogP contribution in [0.2, 0.25) is 0 Å². The number of hydrogen-bond acceptors (Lipinski definition) is 5. The lowest BCUT2D eigenvalue weighted by molar-refractivity contribution is -0.384. The largest absolute Gasteiger partial charge is 0.508 e. The number of amides is 1. The summed E-state index contributed by atoms with van der Waals surface area (Å²) in [6, 6.07) is 11.6. The summed E-state index contributed by atoms with van der Waals surface area (Å²) in [5, 5.41) is 23.7. The van der Waals surface area contributed by atoms with Crippen LogP contribution in [-0.4, -0.2) is 21.6 Å². The van der Waals surface area contributed by atoms with Gasteiger partial charge >= 0.3 is 0 Å². The number of phenolic OH excluding ortho intramolecular Hbond substituents is 1. The second kappa shape index (κ2) is 6.49. The first-order valence-electron chi connectivity index (χ1n) is 6.36. The van der Waals surface area contributed by atoms with Crippen molar-refractivity contribution in [1.82, 2.24) is 5.43 Å². The third kappa shape index (κ3) is 3.66. The van der Waals surface area contributed by atoms with Crippen LogP contribution in [0.1, 0.15) is 22.8 Å². The highest BCUT2D eigenvalue weighted by Gasteiger charge is 2.07. The van der Waals surface area contributed by atoms with Gasteiger partial charge in [0.1, 0.15) is 5.75 Å². The molecule has 112 valence electrons. The Morgan fingerprint density at radius 2 is 1.64 bits per heavy atom. The number of phenols is 1. The van der Waals surface area contributed by atoms with Gasteiger partial charge < -0.3 is 5.11 Å². The van der Waals surface area contributed by atoms with Gasteiger partial charge in [0.25, 0.3) is 11.6 Å². The number of aromatic hydroxyl groups is 1. The quantitative estimate of drug-likeness (QED) is 0.514. The zero-order valence-electron chi connectivity index (χ0n) is 11.7. The van der Waals surface area contributed by atoms with Crippen molar-refractivity contribution in [3.63, 3.8) is 0 Å². The van der Waals surface area contributed by atoms with Crippen molar-refractivity contribution in [2.45, 2.75) is 6.92 Å². The highest BCUT2D eigenvalue weighted by molar-refractivity contribution is 6.01. The Balaban J connectivity index is 2.07. The van der Waals surface area contributed by atoms with Gasteiger partial charge in [-0.25, -0.2) is 5.43 Å². The number of nitro benzene ring substituents is 1. The third-order valence-corrected chi connectivity index (χ3v) is 2.95. The van der Waals surface area contributed by atoms with Crippen LogP contribution in [0.25, 0.3) is 0 Å². The summed E-state index contributed by atoms with van der Waals surface area (Å²) in [5.74, 6) is -0.344. The van der Waals surface area contributed by atoms with Crippen LogP contribution in [0.5, 0.6) is 5.75 Å². The van der Waals surface area contributed by atoms with Gasteiger partial charge in [0.2, 0.25) is 0 Å². The molecule has 2 aromatic rings. The highest BCUT2D eigenvalue weighted by Crippen LogP contribution is 2.13. The Kier molecular flexibility index (Phi) is 4.47. The molecule has 22 heavy (non-hydrogen) atoms. The van der Waals surface area contributed by atoms with E-state index >= 15 is 0 Å². The average molecular weight is 299 g/mol. The topological polar surface area (TPSA) is 105 Å². The molecule has 0 saturated heterocycles. The van der Waals surface area contributed by atoms with Gasteiger partial charge in [-0.15, -0.1) is 0 Å². The molecular formula is C15H13N3O4. The number of benzene rings is 2. The van der Waals surface area contributed by atoms with Crippen molar-refractivity contribution >= 4 is 17.3 Å². The maximum Gasteiger partial charge on any atom is 0.271 e. The van der Waals surface area contributed by atoms with Crippen LogP contribution >= 0.6 is 0 Å². The molecule has 0 saturated carbocycles. The number of hydrazone groups is 1. The minimum Gasteiger partial charge on any atom is -0.508 e. The second-order valence-electron chi connectivity index (χ2n) is 4.49. The fraction of sp³-hybridized carbons (Fsp3) is 0.0667. The van der Waals surface area contributed by atoms with E-state index in [1.807, 2.05) is 0 Å². The molecule has 0 heterocycles. The van der Waals surface area contributed by atoms with Crippen molar-refractivity contribution in [3.05, 3.63) is 69.8 Å². The number of carbonyl (C=O) groups is 1. The molecule has 0 fully saturated rings. The molecule has 0 spiro atoms. The molecule has 0 aliphatic heterocycles. The molecule has 2 aromatic carbocycles. The zero-order chi connectivity index (χ0) is 16.1. The Hall–Kier alpha value is -3.22. The lowest BCUT2D eigenvalue weighted by atomic mass is 10.1. The van der Waals surface area contributed by atoms with E-state index in [9.17, 15) is 14.9 Å². The van der Waals surface area contributed by atoms with E-state index in [4.69, 9.17) is 5.11 Å². The van der Waals surface area contributed by atoms with E-state index in [-0.39, 0.29) is 11.4 Å². The fourth-order valence-corrected chi connectivity index (χ4v) is 1.70. The first kappa shape index (κ1) is 15.2. The van der Waals surface area contributed by atoms with Gasteiger partial charge in [-0.1, -0.05) is 0 Å². The van der Waals surface area contributed by atoms with Crippen LogP contribution in [0.15, 0.2) is 53.6 Å². The molecule has 0 atom stereocenters. The first-order valence-corrected chi connectivity index (χ1v) is 6.36. The Morgan fingerprint density at radius 3 is 2.18 bits per heavy atom. The molecule has 0 unspecified atom stereocenters. The van der Waals surface area contributed by atoms with Crippen LogP contribution in [0.3, 0.4) is 0 Å². The SMILES string of the molecule is C/C(=N/NC(=O)c1ccc(O)cc1)c1ccc([N+](=O)[O-])cc1. The van der Waals surface area contributed by atoms with Gasteiger partial charge in [0.15, 0.2) is 0 Å². The summed E-state index contributed by atoms with van der Waals surface area (Å²) < 4.78 is 0. The van der Waals surface area contributed by atoms with Crippen LogP contribution < -0.4 is 5.43 Å². The Morgan fingerprint density at radius 1 is 1.09 bits per heavy atom. The number of carbonyl (C=O) groups excluding carboxylic acids is 1. The summed E-state index contributed by atoms with van der Waals surface area (Å²) >= 11 is 0. The number of nitrogens with zero attached hydrogens (tertiary/aromatic N) is 2. The molecule has 0 aliphatic carbocycles. The molecule has 7 heteroatoms. The third-order valence-electron chi connectivity index (χ3n) is 2.95. The lowest BCUT2D eigenvalue weighted by Crippen LogP contribution is -2.19. The number of rotatable bonds is 4. The highest BCUT2D eigenvalue weighted by atomic mass is 16.6. The molecule has 7 nitrogen and oxygen atoms in total. The van der Waals surface area contributed by atoms with Gasteiger partial charge in [0.05, 0.1) is 10.6 Å². The van der Waals surface area contributed by atoms with Crippen molar-refractivity contribution in [2.75, 3.05) is 0 Å². The van der Waals surface area contributed by atoms with Gasteiger partial charge in [-0.2, -0.15) is 5.10 Å². The first-order chi connectivity index (χ1) is 10.5. The summed E-state index contributed by atoms with van der Waals surface area (Å²) in [5.41, 5.74) is 3.92. The predicted molar refractivity (Wildman–Crippen MR) is 80.9 cm³/mol. The predicted octanol–water partition coefficient (Wildman–Crippen LogP) is 2.45. The van der Waals surface area contributed by atoms with Crippen LogP contribution in [-0.2, 0) is 0 Å². The van der Waals surface area contributed by atoms with E-state index in [0.29, 0.717) is 16.8 Å². The molecule has 2 rings (SSSR count). The summed E-state index contributed by atoms with van der Waals surface area (Å²) in [6.07, 6.45) is 0. The van der Waals surface area contributed by atoms with E-state index in [1.54, 1.807) is 19.1 Å². The monoisotopic (exact) mass is 299 g/mol. The molecular weight excluding hydrogens is 286 g/mol. The van der Waals surface area contributed by atoms with Gasteiger partial charge in [0, 0.05) is 17.7 Å². The van der Waals surface area contributed by atoms with Crippen molar-refractivity contribution in [3.8, 4) is 5.75 Å². The van der Waals surface area contributed by atoms with Crippen molar-refractivity contribution in [2.24, 2.45) is 5.10 Å². The zero-order valence-corrected chi connectivity index (χ0v) is 11.7. The molecule has 0 radical (unpaired) electrons. The second-order valence-corrected chi connectivity index (χ2v) is 4.49. The molecule has 0 bridgehead atoms. The lowest BCUT2D eigenvalue weighted by Gasteiger charge is -2.03. The van der Waals surface area contributed by atoms with E-state index < -0.39 is 10.8 Å². The minimum atomic E-state index is -0.483. The number of nitro groups is 1. The summed E-state index contributed by atoms with van der Waals surface area (Å²) in [6.45, 7) is 1.68. The average Bonchev–Trinajstić information content (AvgIpc) is 2.53. The Bertz CT molecular complexity index is 721. The van der Waals surface area contributed by atoms with Crippen molar-refractivity contribution in [1.29, 1.82) is 0 Å². The molecule has 0 aromatic heterocycles. The van der Waals surface area contributed by atoms with Gasteiger partial charge in [-0.05, 0) is 48.9 Å². The summed E-state index contributed by atoms with van der Waals surface area (Å²) in [7, 11) is 0. The standard InChI is InChI=1S/C15H13N3O4/c1-10(11-2-6-13(7-3-11)18(21)22)16-17-15(20)12-4-8-14(19)9-5-12/h2-9,19H,1H3,(H,17,20)/b16-10-.